The van der Waals surface area contributed by atoms with Crippen LogP contribution in [0.3, 0.4) is 0 Å². The average Bonchev–Trinajstić information content (AvgIpc) is 2.46. The summed E-state index contributed by atoms with van der Waals surface area (Å²) >= 11 is 0. The highest BCUT2D eigenvalue weighted by Crippen LogP contribution is 2.23. The largest absolute Gasteiger partial charge is 0.293 e. The molecular weight excluding hydrogens is 176 g/mol. The molecule has 1 heterocycles. The van der Waals surface area contributed by atoms with Crippen molar-refractivity contribution in [2.45, 2.75) is 46.6 Å². The van der Waals surface area contributed by atoms with Crippen LogP contribution in [0.25, 0.3) is 0 Å². The van der Waals surface area contributed by atoms with Crippen molar-refractivity contribution < 1.29 is 4.79 Å². The van der Waals surface area contributed by atoms with Gasteiger partial charge in [0.2, 0.25) is 0 Å². The second kappa shape index (κ2) is 3.56. The Morgan fingerprint density at radius 2 is 2.07 bits per heavy atom. The van der Waals surface area contributed by atoms with Crippen molar-refractivity contribution in [1.29, 1.82) is 0 Å². The number of Topliss-reactive ketones (excluding diaryl/α,β-unsaturated/α-hetero) is 1. The second-order valence-corrected chi connectivity index (χ2v) is 4.54. The molecule has 1 aromatic rings. The number of rotatable bonds is 2. The molecule has 0 aliphatic heterocycles. The number of carbonyl (C=O) groups excluding carboxylic acids is 1. The molecule has 3 heteroatoms. The quantitative estimate of drug-likeness (QED) is 0.678. The van der Waals surface area contributed by atoms with Crippen LogP contribution in [0.5, 0.6) is 0 Å². The van der Waals surface area contributed by atoms with Gasteiger partial charge in [-0.2, -0.15) is 5.10 Å². The van der Waals surface area contributed by atoms with Crippen LogP contribution in [-0.2, 0) is 12.0 Å². The normalized spacial score (nSPS) is 11.8. The summed E-state index contributed by atoms with van der Waals surface area (Å²) in [6, 6.07) is 1.89. The minimum absolute atomic E-state index is 0.0303. The van der Waals surface area contributed by atoms with Crippen molar-refractivity contribution >= 4 is 5.78 Å². The maximum atomic E-state index is 11.2. The molecule has 0 saturated carbocycles. The molecule has 0 aliphatic rings. The van der Waals surface area contributed by atoms with Crippen LogP contribution in [0.4, 0.5) is 0 Å². The molecule has 0 amide bonds. The van der Waals surface area contributed by atoms with Crippen LogP contribution in [0, 0.1) is 0 Å². The number of hydrogen-bond acceptors (Lipinski definition) is 2. The van der Waals surface area contributed by atoms with E-state index in [-0.39, 0.29) is 11.2 Å². The fourth-order valence-electron chi connectivity index (χ4n) is 1.43. The number of nitrogens with zero attached hydrogens (tertiary/aromatic N) is 2. The Morgan fingerprint density at radius 3 is 2.36 bits per heavy atom. The number of aromatic nitrogens is 2. The molecule has 0 atom stereocenters. The maximum absolute atomic E-state index is 11.2. The van der Waals surface area contributed by atoms with Crippen LogP contribution in [0.15, 0.2) is 6.07 Å². The van der Waals surface area contributed by atoms with Gasteiger partial charge in [-0.05, 0) is 13.0 Å². The van der Waals surface area contributed by atoms with Gasteiger partial charge in [0.25, 0.3) is 0 Å². The first-order valence-electron chi connectivity index (χ1n) is 4.95. The molecule has 0 fully saturated rings. The van der Waals surface area contributed by atoms with E-state index in [9.17, 15) is 4.79 Å². The number of carbonyl (C=O) groups is 1. The Morgan fingerprint density at radius 1 is 1.50 bits per heavy atom. The van der Waals surface area contributed by atoms with Crippen LogP contribution >= 0.6 is 0 Å². The number of ketones is 1. The zero-order valence-corrected chi connectivity index (χ0v) is 9.59. The Kier molecular flexibility index (Phi) is 2.79. The van der Waals surface area contributed by atoms with Crippen molar-refractivity contribution in [2.75, 3.05) is 0 Å². The minimum Gasteiger partial charge on any atom is -0.293 e. The van der Waals surface area contributed by atoms with E-state index in [1.165, 1.54) is 0 Å². The lowest BCUT2D eigenvalue weighted by atomic mass is 9.91. The van der Waals surface area contributed by atoms with E-state index < -0.39 is 0 Å². The molecule has 0 aromatic carbocycles. The summed E-state index contributed by atoms with van der Waals surface area (Å²) in [5.74, 6) is 0.0303. The summed E-state index contributed by atoms with van der Waals surface area (Å²) < 4.78 is 1.90. The van der Waals surface area contributed by atoms with Gasteiger partial charge in [-0.25, -0.2) is 0 Å². The lowest BCUT2D eigenvalue weighted by Crippen LogP contribution is -2.17. The molecule has 1 aromatic heterocycles. The molecule has 0 bridgehead atoms. The molecule has 0 spiro atoms. The smallest absolute Gasteiger partial charge is 0.179 e. The van der Waals surface area contributed by atoms with Crippen molar-refractivity contribution in [3.05, 3.63) is 17.5 Å². The Labute approximate surface area is 85.1 Å². The fourth-order valence-corrected chi connectivity index (χ4v) is 1.43. The number of aryl methyl sites for hydroxylation is 1. The zero-order chi connectivity index (χ0) is 10.9. The van der Waals surface area contributed by atoms with E-state index in [0.717, 1.165) is 12.2 Å². The molecular formula is C11H18N2O. The van der Waals surface area contributed by atoms with Crippen LogP contribution < -0.4 is 0 Å². The van der Waals surface area contributed by atoms with Gasteiger partial charge in [0.1, 0.15) is 5.69 Å². The maximum Gasteiger partial charge on any atom is 0.179 e. The van der Waals surface area contributed by atoms with E-state index in [2.05, 4.69) is 25.9 Å². The summed E-state index contributed by atoms with van der Waals surface area (Å²) in [5.41, 5.74) is 1.72. The highest BCUT2D eigenvalue weighted by atomic mass is 16.1. The first-order chi connectivity index (χ1) is 6.36. The van der Waals surface area contributed by atoms with E-state index in [1.807, 2.05) is 17.7 Å². The third-order valence-corrected chi connectivity index (χ3v) is 2.21. The van der Waals surface area contributed by atoms with Gasteiger partial charge in [0.05, 0.1) is 0 Å². The lowest BCUT2D eigenvalue weighted by molar-refractivity contribution is 0.101. The highest BCUT2D eigenvalue weighted by molar-refractivity contribution is 5.92. The van der Waals surface area contributed by atoms with Gasteiger partial charge < -0.3 is 0 Å². The first kappa shape index (κ1) is 11.0. The predicted octanol–water partition coefficient (Wildman–Crippen LogP) is 2.40. The van der Waals surface area contributed by atoms with Crippen LogP contribution in [0.1, 0.15) is 50.8 Å². The molecule has 0 saturated heterocycles. The average molecular weight is 194 g/mol. The third-order valence-electron chi connectivity index (χ3n) is 2.21. The summed E-state index contributed by atoms with van der Waals surface area (Å²) in [7, 11) is 0. The van der Waals surface area contributed by atoms with Crippen molar-refractivity contribution in [3.63, 3.8) is 0 Å². The van der Waals surface area contributed by atoms with Gasteiger partial charge in [-0.3, -0.25) is 9.48 Å². The SMILES string of the molecule is CCn1nc(C(C)=O)cc1C(C)(C)C. The fraction of sp³-hybridized carbons (Fsp3) is 0.636. The standard InChI is InChI=1S/C11H18N2O/c1-6-13-10(11(3,4)5)7-9(12-13)8(2)14/h7H,6H2,1-5H3. The van der Waals surface area contributed by atoms with Gasteiger partial charge in [0, 0.05) is 24.6 Å². The zero-order valence-electron chi connectivity index (χ0n) is 9.59. The van der Waals surface area contributed by atoms with Crippen molar-refractivity contribution in [1.82, 2.24) is 9.78 Å². The molecule has 14 heavy (non-hydrogen) atoms. The van der Waals surface area contributed by atoms with E-state index >= 15 is 0 Å². The highest BCUT2D eigenvalue weighted by Gasteiger charge is 2.21. The first-order valence-corrected chi connectivity index (χ1v) is 4.95. The molecule has 78 valence electrons. The molecule has 0 unspecified atom stereocenters. The predicted molar refractivity (Wildman–Crippen MR) is 56.6 cm³/mol. The minimum atomic E-state index is 0.0303. The molecule has 3 nitrogen and oxygen atoms in total. The van der Waals surface area contributed by atoms with Gasteiger partial charge in [-0.1, -0.05) is 20.8 Å². The third kappa shape index (κ3) is 2.03. The monoisotopic (exact) mass is 194 g/mol. The Balaban J connectivity index is 3.22. The molecule has 0 N–H and O–H groups in total. The summed E-state index contributed by atoms with van der Waals surface area (Å²) in [4.78, 5) is 11.2. The summed E-state index contributed by atoms with van der Waals surface area (Å²) in [5, 5.41) is 4.26. The molecule has 0 radical (unpaired) electrons. The van der Waals surface area contributed by atoms with Gasteiger partial charge >= 0.3 is 0 Å². The van der Waals surface area contributed by atoms with Crippen LogP contribution in [0.2, 0.25) is 0 Å². The van der Waals surface area contributed by atoms with E-state index in [0.29, 0.717) is 5.69 Å². The lowest BCUT2D eigenvalue weighted by Gasteiger charge is -2.19. The Hall–Kier alpha value is -1.12. The number of hydrogen-bond donors (Lipinski definition) is 0. The van der Waals surface area contributed by atoms with Crippen molar-refractivity contribution in [3.8, 4) is 0 Å². The summed E-state index contributed by atoms with van der Waals surface area (Å²) in [6.45, 7) is 10.8. The second-order valence-electron chi connectivity index (χ2n) is 4.54. The van der Waals surface area contributed by atoms with Gasteiger partial charge in [-0.15, -0.1) is 0 Å². The Bertz CT molecular complexity index is 345. The van der Waals surface area contributed by atoms with Crippen molar-refractivity contribution in [2.24, 2.45) is 0 Å². The summed E-state index contributed by atoms with van der Waals surface area (Å²) in [6.07, 6.45) is 0. The van der Waals surface area contributed by atoms with Crippen LogP contribution in [-0.4, -0.2) is 15.6 Å². The van der Waals surface area contributed by atoms with Gasteiger partial charge in [0.15, 0.2) is 5.78 Å². The van der Waals surface area contributed by atoms with E-state index in [1.54, 1.807) is 6.92 Å². The molecule has 0 aliphatic carbocycles. The van der Waals surface area contributed by atoms with E-state index in [4.69, 9.17) is 0 Å². The molecule has 1 rings (SSSR count). The topological polar surface area (TPSA) is 34.9 Å².